The second-order valence-electron chi connectivity index (χ2n) is 6.00. The van der Waals surface area contributed by atoms with Gasteiger partial charge in [-0.05, 0) is 38.4 Å². The second kappa shape index (κ2) is 7.40. The van der Waals surface area contributed by atoms with E-state index in [0.29, 0.717) is 17.5 Å². The first-order chi connectivity index (χ1) is 11.6. The Bertz CT molecular complexity index is 706. The van der Waals surface area contributed by atoms with E-state index < -0.39 is 5.97 Å². The third-order valence-electron chi connectivity index (χ3n) is 4.06. The van der Waals surface area contributed by atoms with Gasteiger partial charge in [-0.15, -0.1) is 0 Å². The molecule has 1 aliphatic heterocycles. The van der Waals surface area contributed by atoms with Crippen LogP contribution in [-0.4, -0.2) is 39.0 Å². The average molecular weight is 327 g/mol. The maximum absolute atomic E-state index is 11.1. The van der Waals surface area contributed by atoms with E-state index in [1.165, 1.54) is 0 Å². The number of aryl methyl sites for hydroxylation is 1. The lowest BCUT2D eigenvalue weighted by Crippen LogP contribution is -2.38. The van der Waals surface area contributed by atoms with Gasteiger partial charge in [-0.25, -0.2) is 4.98 Å². The second-order valence-corrected chi connectivity index (χ2v) is 6.00. The third-order valence-corrected chi connectivity index (χ3v) is 4.06. The molecule has 1 saturated heterocycles. The standard InChI is InChI=1S/C18H21N3O3/c1-13-11-16(24-14-7-3-2-4-8-14)20-18(19-13)15-9-5-6-10-21(15)12-17(22)23/h2-4,7-8,11,15H,5-6,9-10,12H2,1H3,(H,22,23). The molecule has 1 fully saturated rings. The zero-order valence-corrected chi connectivity index (χ0v) is 13.7. The highest BCUT2D eigenvalue weighted by molar-refractivity contribution is 5.69. The summed E-state index contributed by atoms with van der Waals surface area (Å²) in [4.78, 5) is 22.1. The molecule has 1 unspecified atom stereocenters. The number of likely N-dealkylation sites (tertiary alicyclic amines) is 1. The van der Waals surface area contributed by atoms with Crippen LogP contribution in [0.4, 0.5) is 0 Å². The number of piperidine rings is 1. The van der Waals surface area contributed by atoms with Crippen LogP contribution >= 0.6 is 0 Å². The summed E-state index contributed by atoms with van der Waals surface area (Å²) in [7, 11) is 0. The number of hydrogen-bond acceptors (Lipinski definition) is 5. The smallest absolute Gasteiger partial charge is 0.317 e. The topological polar surface area (TPSA) is 75.5 Å². The summed E-state index contributed by atoms with van der Waals surface area (Å²) in [6.45, 7) is 2.66. The molecule has 2 heterocycles. The summed E-state index contributed by atoms with van der Waals surface area (Å²) in [5.41, 5.74) is 0.812. The number of aromatic nitrogens is 2. The summed E-state index contributed by atoms with van der Waals surface area (Å²) in [5.74, 6) is 1.02. The van der Waals surface area contributed by atoms with Crippen molar-refractivity contribution in [2.75, 3.05) is 13.1 Å². The van der Waals surface area contributed by atoms with Crippen LogP contribution in [0.5, 0.6) is 11.6 Å². The normalized spacial score (nSPS) is 18.3. The third kappa shape index (κ3) is 4.08. The quantitative estimate of drug-likeness (QED) is 0.909. The van der Waals surface area contributed by atoms with Gasteiger partial charge in [0.2, 0.25) is 5.88 Å². The Kier molecular flexibility index (Phi) is 5.05. The number of carbonyl (C=O) groups is 1. The van der Waals surface area contributed by atoms with Crippen molar-refractivity contribution in [2.45, 2.75) is 32.2 Å². The van der Waals surface area contributed by atoms with E-state index in [1.807, 2.05) is 42.2 Å². The predicted octanol–water partition coefficient (Wildman–Crippen LogP) is 3.19. The van der Waals surface area contributed by atoms with Gasteiger partial charge in [0, 0.05) is 11.8 Å². The first-order valence-corrected chi connectivity index (χ1v) is 8.16. The Morgan fingerprint density at radius 2 is 2.08 bits per heavy atom. The SMILES string of the molecule is Cc1cc(Oc2ccccc2)nc(C2CCCCN2CC(=O)O)n1. The molecular weight excluding hydrogens is 306 g/mol. The maximum Gasteiger partial charge on any atom is 0.317 e. The molecule has 6 nitrogen and oxygen atoms in total. The van der Waals surface area contributed by atoms with Gasteiger partial charge < -0.3 is 9.84 Å². The van der Waals surface area contributed by atoms with Crippen molar-refractivity contribution in [3.8, 4) is 11.6 Å². The van der Waals surface area contributed by atoms with E-state index in [-0.39, 0.29) is 12.6 Å². The molecule has 126 valence electrons. The molecule has 1 aliphatic rings. The van der Waals surface area contributed by atoms with Crippen molar-refractivity contribution in [1.29, 1.82) is 0 Å². The van der Waals surface area contributed by atoms with Crippen LogP contribution in [0, 0.1) is 6.92 Å². The average Bonchev–Trinajstić information content (AvgIpc) is 2.55. The van der Waals surface area contributed by atoms with Crippen LogP contribution in [0.1, 0.15) is 36.8 Å². The lowest BCUT2D eigenvalue weighted by atomic mass is 10.0. The molecule has 24 heavy (non-hydrogen) atoms. The minimum atomic E-state index is -0.824. The molecule has 1 aromatic carbocycles. The lowest BCUT2D eigenvalue weighted by molar-refractivity contribution is -0.139. The molecular formula is C18H21N3O3. The summed E-state index contributed by atoms with van der Waals surface area (Å²) in [6.07, 6.45) is 2.91. The van der Waals surface area contributed by atoms with Gasteiger partial charge in [0.1, 0.15) is 11.6 Å². The van der Waals surface area contributed by atoms with Crippen molar-refractivity contribution in [3.63, 3.8) is 0 Å². The van der Waals surface area contributed by atoms with E-state index in [2.05, 4.69) is 9.97 Å². The number of carboxylic acid groups (broad SMARTS) is 1. The minimum Gasteiger partial charge on any atom is -0.480 e. The highest BCUT2D eigenvalue weighted by atomic mass is 16.5. The Morgan fingerprint density at radius 1 is 1.29 bits per heavy atom. The van der Waals surface area contributed by atoms with Gasteiger partial charge in [-0.1, -0.05) is 24.6 Å². The molecule has 0 radical (unpaired) electrons. The van der Waals surface area contributed by atoms with Gasteiger partial charge in [0.05, 0.1) is 12.6 Å². The summed E-state index contributed by atoms with van der Waals surface area (Å²) in [5, 5.41) is 9.13. The van der Waals surface area contributed by atoms with Crippen LogP contribution < -0.4 is 4.74 Å². The number of carboxylic acids is 1. The minimum absolute atomic E-state index is 0.0108. The van der Waals surface area contributed by atoms with Gasteiger partial charge in [-0.2, -0.15) is 4.98 Å². The largest absolute Gasteiger partial charge is 0.480 e. The van der Waals surface area contributed by atoms with Crippen LogP contribution in [-0.2, 0) is 4.79 Å². The Hall–Kier alpha value is -2.47. The maximum atomic E-state index is 11.1. The van der Waals surface area contributed by atoms with Crippen molar-refractivity contribution in [2.24, 2.45) is 0 Å². The van der Waals surface area contributed by atoms with Crippen LogP contribution in [0.15, 0.2) is 36.4 Å². The summed E-state index contributed by atoms with van der Waals surface area (Å²) in [6, 6.07) is 11.2. The van der Waals surface area contributed by atoms with Crippen molar-refractivity contribution in [1.82, 2.24) is 14.9 Å². The highest BCUT2D eigenvalue weighted by Gasteiger charge is 2.28. The van der Waals surface area contributed by atoms with E-state index in [0.717, 1.165) is 31.5 Å². The van der Waals surface area contributed by atoms with Gasteiger partial charge in [-0.3, -0.25) is 9.69 Å². The summed E-state index contributed by atoms with van der Waals surface area (Å²) >= 11 is 0. The number of hydrogen-bond donors (Lipinski definition) is 1. The molecule has 6 heteroatoms. The number of aliphatic carboxylic acids is 1. The first-order valence-electron chi connectivity index (χ1n) is 8.16. The van der Waals surface area contributed by atoms with E-state index in [9.17, 15) is 4.79 Å². The molecule has 0 bridgehead atoms. The zero-order chi connectivity index (χ0) is 16.9. The Balaban J connectivity index is 1.85. The molecule has 1 N–H and O–H groups in total. The van der Waals surface area contributed by atoms with Gasteiger partial charge in [0.15, 0.2) is 0 Å². The van der Waals surface area contributed by atoms with Crippen LogP contribution in [0.3, 0.4) is 0 Å². The first kappa shape index (κ1) is 16.4. The van der Waals surface area contributed by atoms with Crippen molar-refractivity contribution < 1.29 is 14.6 Å². The number of para-hydroxylation sites is 1. The summed E-state index contributed by atoms with van der Waals surface area (Å²) < 4.78 is 5.82. The molecule has 2 aromatic rings. The van der Waals surface area contributed by atoms with Crippen molar-refractivity contribution in [3.05, 3.63) is 47.9 Å². The number of nitrogens with zero attached hydrogens (tertiary/aromatic N) is 3. The fraction of sp³-hybridized carbons (Fsp3) is 0.389. The van der Waals surface area contributed by atoms with Gasteiger partial charge in [0.25, 0.3) is 0 Å². The zero-order valence-electron chi connectivity index (χ0n) is 13.7. The van der Waals surface area contributed by atoms with E-state index >= 15 is 0 Å². The number of benzene rings is 1. The Morgan fingerprint density at radius 3 is 2.83 bits per heavy atom. The molecule has 0 aliphatic carbocycles. The predicted molar refractivity (Wildman–Crippen MR) is 89.1 cm³/mol. The molecule has 1 aromatic heterocycles. The fourth-order valence-corrected chi connectivity index (χ4v) is 3.02. The molecule has 1 atom stereocenters. The van der Waals surface area contributed by atoms with Crippen molar-refractivity contribution >= 4 is 5.97 Å². The van der Waals surface area contributed by atoms with E-state index in [4.69, 9.17) is 9.84 Å². The van der Waals surface area contributed by atoms with E-state index in [1.54, 1.807) is 6.07 Å². The Labute approximate surface area is 141 Å². The van der Waals surface area contributed by atoms with Crippen LogP contribution in [0.2, 0.25) is 0 Å². The highest BCUT2D eigenvalue weighted by Crippen LogP contribution is 2.30. The fourth-order valence-electron chi connectivity index (χ4n) is 3.02. The molecule has 0 spiro atoms. The molecule has 0 amide bonds. The van der Waals surface area contributed by atoms with Gasteiger partial charge >= 0.3 is 5.97 Å². The molecule has 0 saturated carbocycles. The molecule has 3 rings (SSSR count). The monoisotopic (exact) mass is 327 g/mol. The number of ether oxygens (including phenoxy) is 1. The van der Waals surface area contributed by atoms with Crippen LogP contribution in [0.25, 0.3) is 0 Å². The lowest BCUT2D eigenvalue weighted by Gasteiger charge is -2.33. The number of rotatable bonds is 5.